The Morgan fingerprint density at radius 2 is 1.89 bits per heavy atom. The van der Waals surface area contributed by atoms with Crippen molar-refractivity contribution in [3.8, 4) is 11.5 Å². The Bertz CT molecular complexity index is 954. The van der Waals surface area contributed by atoms with E-state index in [9.17, 15) is 9.18 Å². The van der Waals surface area contributed by atoms with Crippen LogP contribution in [0.2, 0.25) is 5.02 Å². The second-order valence-corrected chi connectivity index (χ2v) is 6.94. The molecule has 3 aromatic rings. The molecule has 2 aromatic carbocycles. The average Bonchev–Trinajstić information content (AvgIpc) is 3.40. The molecular weight excluding hydrogens is 369 g/mol. The van der Waals surface area contributed by atoms with Crippen molar-refractivity contribution in [1.29, 1.82) is 0 Å². The number of nitrogens with zero attached hydrogens (tertiary/aromatic N) is 3. The van der Waals surface area contributed by atoms with Crippen LogP contribution in [0.15, 0.2) is 52.9 Å². The lowest BCUT2D eigenvalue weighted by Gasteiger charge is -2.20. The topological polar surface area (TPSA) is 59.2 Å². The van der Waals surface area contributed by atoms with Gasteiger partial charge in [-0.25, -0.2) is 4.39 Å². The summed E-state index contributed by atoms with van der Waals surface area (Å²) in [7, 11) is 0. The first-order valence-electron chi connectivity index (χ1n) is 8.71. The van der Waals surface area contributed by atoms with Crippen LogP contribution in [0.1, 0.15) is 24.3 Å². The molecule has 27 heavy (non-hydrogen) atoms. The van der Waals surface area contributed by atoms with E-state index in [2.05, 4.69) is 10.2 Å². The Morgan fingerprint density at radius 1 is 1.15 bits per heavy atom. The molecule has 1 aliphatic rings. The molecule has 0 N–H and O–H groups in total. The van der Waals surface area contributed by atoms with Gasteiger partial charge < -0.3 is 9.32 Å². The van der Waals surface area contributed by atoms with Gasteiger partial charge in [0.1, 0.15) is 5.82 Å². The normalized spacial score (nSPS) is 13.6. The minimum absolute atomic E-state index is 0.0402. The molecule has 0 saturated heterocycles. The number of amides is 1. The van der Waals surface area contributed by atoms with Crippen molar-refractivity contribution in [3.63, 3.8) is 0 Å². The largest absolute Gasteiger partial charge is 0.419 e. The fourth-order valence-electron chi connectivity index (χ4n) is 2.89. The molecule has 4 rings (SSSR count). The number of hydrogen-bond acceptors (Lipinski definition) is 4. The first-order chi connectivity index (χ1) is 13.1. The van der Waals surface area contributed by atoms with E-state index in [4.69, 9.17) is 16.0 Å². The maximum absolute atomic E-state index is 13.0. The van der Waals surface area contributed by atoms with Crippen LogP contribution in [0.4, 0.5) is 4.39 Å². The summed E-state index contributed by atoms with van der Waals surface area (Å²) in [6, 6.07) is 13.4. The van der Waals surface area contributed by atoms with E-state index in [1.165, 1.54) is 12.1 Å². The van der Waals surface area contributed by atoms with Crippen molar-refractivity contribution < 1.29 is 13.6 Å². The van der Waals surface area contributed by atoms with E-state index >= 15 is 0 Å². The molecule has 7 heteroatoms. The van der Waals surface area contributed by atoms with Gasteiger partial charge in [0.25, 0.3) is 0 Å². The SMILES string of the molecule is O=C(Cc1ccc(F)cc1)N(Cc1nnc(-c2ccccc2Cl)o1)C1CC1. The zero-order valence-electron chi connectivity index (χ0n) is 14.4. The summed E-state index contributed by atoms with van der Waals surface area (Å²) in [5.74, 6) is 0.339. The summed E-state index contributed by atoms with van der Waals surface area (Å²) >= 11 is 6.17. The second-order valence-electron chi connectivity index (χ2n) is 6.54. The second kappa shape index (κ2) is 7.48. The summed E-state index contributed by atoms with van der Waals surface area (Å²) < 4.78 is 18.8. The Labute approximate surface area is 160 Å². The highest BCUT2D eigenvalue weighted by Gasteiger charge is 2.33. The molecule has 0 aliphatic heterocycles. The third-order valence-electron chi connectivity index (χ3n) is 4.45. The lowest BCUT2D eigenvalue weighted by molar-refractivity contribution is -0.132. The van der Waals surface area contributed by atoms with Crippen LogP contribution in [0.3, 0.4) is 0 Å². The van der Waals surface area contributed by atoms with E-state index < -0.39 is 0 Å². The van der Waals surface area contributed by atoms with E-state index in [0.717, 1.165) is 18.4 Å². The lowest BCUT2D eigenvalue weighted by atomic mass is 10.1. The van der Waals surface area contributed by atoms with Crippen molar-refractivity contribution in [2.75, 3.05) is 0 Å². The Balaban J connectivity index is 1.48. The molecule has 1 aromatic heterocycles. The summed E-state index contributed by atoms with van der Waals surface area (Å²) in [6.45, 7) is 0.252. The van der Waals surface area contributed by atoms with E-state index in [-0.39, 0.29) is 30.7 Å². The van der Waals surface area contributed by atoms with Gasteiger partial charge in [-0.2, -0.15) is 0 Å². The molecule has 1 fully saturated rings. The Morgan fingerprint density at radius 3 is 2.59 bits per heavy atom. The fourth-order valence-corrected chi connectivity index (χ4v) is 3.11. The predicted molar refractivity (Wildman–Crippen MR) is 98.4 cm³/mol. The number of halogens is 2. The molecule has 1 aliphatic carbocycles. The highest BCUT2D eigenvalue weighted by Crippen LogP contribution is 2.30. The number of aromatic nitrogens is 2. The zero-order chi connectivity index (χ0) is 18.8. The fraction of sp³-hybridized carbons (Fsp3) is 0.250. The lowest BCUT2D eigenvalue weighted by Crippen LogP contribution is -2.34. The van der Waals surface area contributed by atoms with Crippen LogP contribution in [0.5, 0.6) is 0 Å². The Hall–Kier alpha value is -2.73. The Kier molecular flexibility index (Phi) is 4.90. The van der Waals surface area contributed by atoms with E-state index in [0.29, 0.717) is 22.4 Å². The summed E-state index contributed by atoms with van der Waals surface area (Å²) in [5, 5.41) is 8.65. The highest BCUT2D eigenvalue weighted by molar-refractivity contribution is 6.33. The smallest absolute Gasteiger partial charge is 0.249 e. The molecule has 0 spiro atoms. The predicted octanol–water partition coefficient (Wildman–Crippen LogP) is 4.26. The molecule has 5 nitrogen and oxygen atoms in total. The minimum atomic E-state index is -0.316. The van der Waals surface area contributed by atoms with Gasteiger partial charge in [0.05, 0.1) is 23.6 Å². The van der Waals surface area contributed by atoms with Crippen LogP contribution in [0, 0.1) is 5.82 Å². The van der Waals surface area contributed by atoms with Crippen molar-refractivity contribution >= 4 is 17.5 Å². The van der Waals surface area contributed by atoms with Crippen LogP contribution in [-0.4, -0.2) is 27.0 Å². The molecule has 0 radical (unpaired) electrons. The van der Waals surface area contributed by atoms with Crippen molar-refractivity contribution in [2.24, 2.45) is 0 Å². The van der Waals surface area contributed by atoms with Gasteiger partial charge in [0.2, 0.25) is 17.7 Å². The third kappa shape index (κ3) is 4.17. The van der Waals surface area contributed by atoms with Crippen molar-refractivity contribution in [1.82, 2.24) is 15.1 Å². The maximum Gasteiger partial charge on any atom is 0.249 e. The van der Waals surface area contributed by atoms with Crippen LogP contribution < -0.4 is 0 Å². The third-order valence-corrected chi connectivity index (χ3v) is 4.78. The standard InChI is InChI=1S/C20H17ClFN3O2/c21-17-4-2-1-3-16(17)20-24-23-18(27-20)12-25(15-9-10-15)19(26)11-13-5-7-14(22)8-6-13/h1-8,15H,9-12H2. The number of carbonyl (C=O) groups is 1. The first kappa shape index (κ1) is 17.7. The highest BCUT2D eigenvalue weighted by atomic mass is 35.5. The van der Waals surface area contributed by atoms with Gasteiger partial charge in [-0.05, 0) is 42.7 Å². The molecule has 1 heterocycles. The molecular formula is C20H17ClFN3O2. The summed E-state index contributed by atoms with van der Waals surface area (Å²) in [5.41, 5.74) is 1.43. The van der Waals surface area contributed by atoms with Gasteiger partial charge in [-0.1, -0.05) is 35.9 Å². The summed E-state index contributed by atoms with van der Waals surface area (Å²) in [6.07, 6.45) is 2.13. The molecule has 138 valence electrons. The maximum atomic E-state index is 13.0. The van der Waals surface area contributed by atoms with Crippen LogP contribution >= 0.6 is 11.6 Å². The van der Waals surface area contributed by atoms with Gasteiger partial charge in [-0.3, -0.25) is 4.79 Å². The van der Waals surface area contributed by atoms with Crippen molar-refractivity contribution in [2.45, 2.75) is 31.8 Å². The molecule has 1 saturated carbocycles. The minimum Gasteiger partial charge on any atom is -0.419 e. The van der Waals surface area contributed by atoms with Crippen molar-refractivity contribution in [3.05, 3.63) is 70.8 Å². The molecule has 0 bridgehead atoms. The number of hydrogen-bond donors (Lipinski definition) is 0. The first-order valence-corrected chi connectivity index (χ1v) is 9.09. The van der Waals surface area contributed by atoms with Gasteiger partial charge in [-0.15, -0.1) is 10.2 Å². The van der Waals surface area contributed by atoms with E-state index in [1.807, 2.05) is 12.1 Å². The number of carbonyl (C=O) groups excluding carboxylic acids is 1. The van der Waals surface area contributed by atoms with Gasteiger partial charge >= 0.3 is 0 Å². The van der Waals surface area contributed by atoms with Gasteiger partial charge in [0, 0.05) is 6.04 Å². The van der Waals surface area contributed by atoms with E-state index in [1.54, 1.807) is 29.2 Å². The van der Waals surface area contributed by atoms with Gasteiger partial charge in [0.15, 0.2) is 0 Å². The zero-order valence-corrected chi connectivity index (χ0v) is 15.2. The summed E-state index contributed by atoms with van der Waals surface area (Å²) in [4.78, 5) is 14.5. The number of benzene rings is 2. The molecule has 1 amide bonds. The van der Waals surface area contributed by atoms with Crippen LogP contribution in [0.25, 0.3) is 11.5 Å². The average molecular weight is 386 g/mol. The monoisotopic (exact) mass is 385 g/mol. The quantitative estimate of drug-likeness (QED) is 0.636. The van der Waals surface area contributed by atoms with Crippen LogP contribution in [-0.2, 0) is 17.8 Å². The molecule has 0 unspecified atom stereocenters. The molecule has 0 atom stereocenters. The number of rotatable bonds is 6.